The van der Waals surface area contributed by atoms with Crippen molar-refractivity contribution in [3.8, 4) is 11.5 Å². The SMILES string of the molecule is O=C(CC1(F)CCN(Cc2ccc3c(c2)OCO3)CC1)c1ccccc1. The Labute approximate surface area is 152 Å². The normalized spacial score (nSPS) is 18.7. The van der Waals surface area contributed by atoms with E-state index in [9.17, 15) is 4.79 Å². The fourth-order valence-electron chi connectivity index (χ4n) is 3.60. The maximum atomic E-state index is 15.1. The van der Waals surface area contributed by atoms with Crippen molar-refractivity contribution in [1.82, 2.24) is 4.90 Å². The Morgan fingerprint density at radius 3 is 2.54 bits per heavy atom. The number of ether oxygens (including phenoxy) is 2. The van der Waals surface area contributed by atoms with Gasteiger partial charge in [-0.1, -0.05) is 36.4 Å². The first-order chi connectivity index (χ1) is 12.6. The smallest absolute Gasteiger partial charge is 0.231 e. The number of fused-ring (bicyclic) bond motifs is 1. The van der Waals surface area contributed by atoms with Crippen LogP contribution in [-0.4, -0.2) is 36.2 Å². The Morgan fingerprint density at radius 2 is 1.77 bits per heavy atom. The van der Waals surface area contributed by atoms with Crippen LogP contribution in [0.3, 0.4) is 0 Å². The van der Waals surface area contributed by atoms with Crippen molar-refractivity contribution < 1.29 is 18.7 Å². The van der Waals surface area contributed by atoms with Gasteiger partial charge in [0.05, 0.1) is 0 Å². The lowest BCUT2D eigenvalue weighted by Crippen LogP contribution is -2.42. The minimum atomic E-state index is -1.40. The highest BCUT2D eigenvalue weighted by atomic mass is 19.1. The molecule has 2 aromatic rings. The number of rotatable bonds is 5. The lowest BCUT2D eigenvalue weighted by atomic mass is 9.86. The van der Waals surface area contributed by atoms with Crippen LogP contribution in [0.5, 0.6) is 11.5 Å². The molecule has 0 radical (unpaired) electrons. The van der Waals surface area contributed by atoms with Gasteiger partial charge in [-0.25, -0.2) is 4.39 Å². The predicted octanol–water partition coefficient (Wildman–Crippen LogP) is 3.99. The van der Waals surface area contributed by atoms with E-state index < -0.39 is 5.67 Å². The second kappa shape index (κ2) is 7.08. The first-order valence-corrected chi connectivity index (χ1v) is 8.99. The number of carbonyl (C=O) groups excluding carboxylic acids is 1. The van der Waals surface area contributed by atoms with E-state index >= 15 is 4.39 Å². The maximum absolute atomic E-state index is 15.1. The number of hydrogen-bond donors (Lipinski definition) is 0. The molecule has 0 N–H and O–H groups in total. The van der Waals surface area contributed by atoms with Crippen LogP contribution in [0, 0.1) is 0 Å². The number of carbonyl (C=O) groups is 1. The van der Waals surface area contributed by atoms with Gasteiger partial charge in [-0.15, -0.1) is 0 Å². The third kappa shape index (κ3) is 3.73. The molecule has 4 nitrogen and oxygen atoms in total. The van der Waals surface area contributed by atoms with Crippen molar-refractivity contribution in [2.45, 2.75) is 31.5 Å². The molecule has 0 spiro atoms. The number of ketones is 1. The Bertz CT molecular complexity index is 785. The molecule has 2 aliphatic rings. The second-order valence-corrected chi connectivity index (χ2v) is 7.08. The molecule has 0 aliphatic carbocycles. The summed E-state index contributed by atoms with van der Waals surface area (Å²) < 4.78 is 25.9. The molecule has 0 unspecified atom stereocenters. The maximum Gasteiger partial charge on any atom is 0.231 e. The molecule has 0 amide bonds. The van der Waals surface area contributed by atoms with Crippen molar-refractivity contribution in [2.75, 3.05) is 19.9 Å². The highest BCUT2D eigenvalue weighted by molar-refractivity contribution is 5.96. The minimum Gasteiger partial charge on any atom is -0.454 e. The summed E-state index contributed by atoms with van der Waals surface area (Å²) in [5.41, 5.74) is 0.312. The zero-order valence-electron chi connectivity index (χ0n) is 14.6. The predicted molar refractivity (Wildman–Crippen MR) is 96.3 cm³/mol. The van der Waals surface area contributed by atoms with Gasteiger partial charge in [0, 0.05) is 31.6 Å². The largest absolute Gasteiger partial charge is 0.454 e. The van der Waals surface area contributed by atoms with Gasteiger partial charge < -0.3 is 9.47 Å². The second-order valence-electron chi connectivity index (χ2n) is 7.08. The average Bonchev–Trinajstić information content (AvgIpc) is 3.12. The zero-order valence-corrected chi connectivity index (χ0v) is 14.6. The van der Waals surface area contributed by atoms with Crippen LogP contribution < -0.4 is 9.47 Å². The Morgan fingerprint density at radius 1 is 1.04 bits per heavy atom. The Balaban J connectivity index is 1.32. The van der Waals surface area contributed by atoms with Crippen molar-refractivity contribution >= 4 is 5.78 Å². The molecular formula is C21H22FNO3. The van der Waals surface area contributed by atoms with E-state index in [0.29, 0.717) is 31.5 Å². The summed E-state index contributed by atoms with van der Waals surface area (Å²) in [5.74, 6) is 1.43. The Hall–Kier alpha value is -2.40. The van der Waals surface area contributed by atoms with Gasteiger partial charge in [0.1, 0.15) is 5.67 Å². The number of halogens is 1. The highest BCUT2D eigenvalue weighted by Crippen LogP contribution is 2.35. The standard InChI is InChI=1S/C21H22FNO3/c22-21(13-18(24)17-4-2-1-3-5-17)8-10-23(11-9-21)14-16-6-7-19-20(12-16)26-15-25-19/h1-7,12H,8-11,13-15H2. The van der Waals surface area contributed by atoms with E-state index in [4.69, 9.17) is 9.47 Å². The van der Waals surface area contributed by atoms with Crippen LogP contribution in [-0.2, 0) is 6.54 Å². The monoisotopic (exact) mass is 355 g/mol. The van der Waals surface area contributed by atoms with Gasteiger partial charge >= 0.3 is 0 Å². The molecule has 1 fully saturated rings. The third-order valence-corrected chi connectivity index (χ3v) is 5.17. The molecule has 0 atom stereocenters. The fourth-order valence-corrected chi connectivity index (χ4v) is 3.60. The summed E-state index contributed by atoms with van der Waals surface area (Å²) >= 11 is 0. The van der Waals surface area contributed by atoms with Crippen LogP contribution in [0.15, 0.2) is 48.5 Å². The zero-order chi connectivity index (χ0) is 18.0. The number of hydrogen-bond acceptors (Lipinski definition) is 4. The number of piperidine rings is 1. The van der Waals surface area contributed by atoms with Crippen molar-refractivity contribution in [1.29, 1.82) is 0 Å². The van der Waals surface area contributed by atoms with Gasteiger partial charge in [0.25, 0.3) is 0 Å². The van der Waals surface area contributed by atoms with Gasteiger partial charge in [0.15, 0.2) is 17.3 Å². The van der Waals surface area contributed by atoms with Gasteiger partial charge in [-0.3, -0.25) is 9.69 Å². The molecule has 26 heavy (non-hydrogen) atoms. The van der Waals surface area contributed by atoms with Crippen LogP contribution >= 0.6 is 0 Å². The van der Waals surface area contributed by atoms with Crippen LogP contribution in [0.25, 0.3) is 0 Å². The van der Waals surface area contributed by atoms with E-state index in [1.807, 2.05) is 36.4 Å². The summed E-state index contributed by atoms with van der Waals surface area (Å²) in [6.45, 7) is 2.31. The molecule has 2 aromatic carbocycles. The summed E-state index contributed by atoms with van der Waals surface area (Å²) in [6.07, 6.45) is 0.737. The number of nitrogens with zero attached hydrogens (tertiary/aromatic N) is 1. The molecule has 2 aliphatic heterocycles. The number of benzene rings is 2. The van der Waals surface area contributed by atoms with Crippen molar-refractivity contribution in [2.24, 2.45) is 0 Å². The summed E-state index contributed by atoms with van der Waals surface area (Å²) in [7, 11) is 0. The molecule has 2 heterocycles. The molecule has 1 saturated heterocycles. The fraction of sp³-hybridized carbons (Fsp3) is 0.381. The third-order valence-electron chi connectivity index (χ3n) is 5.17. The van der Waals surface area contributed by atoms with Crippen LogP contribution in [0.4, 0.5) is 4.39 Å². The van der Waals surface area contributed by atoms with Gasteiger partial charge in [0.2, 0.25) is 6.79 Å². The first kappa shape index (κ1) is 17.0. The summed E-state index contributed by atoms with van der Waals surface area (Å²) in [6, 6.07) is 14.9. The van der Waals surface area contributed by atoms with Crippen LogP contribution in [0.2, 0.25) is 0 Å². The average molecular weight is 355 g/mol. The van der Waals surface area contributed by atoms with Crippen molar-refractivity contribution in [3.63, 3.8) is 0 Å². The molecule has 0 aromatic heterocycles. The number of likely N-dealkylation sites (tertiary alicyclic amines) is 1. The lowest BCUT2D eigenvalue weighted by molar-refractivity contribution is 0.0439. The quantitative estimate of drug-likeness (QED) is 0.760. The van der Waals surface area contributed by atoms with E-state index in [-0.39, 0.29) is 19.0 Å². The minimum absolute atomic E-state index is 0.0329. The molecule has 5 heteroatoms. The van der Waals surface area contributed by atoms with Crippen molar-refractivity contribution in [3.05, 3.63) is 59.7 Å². The van der Waals surface area contributed by atoms with E-state index in [1.165, 1.54) is 0 Å². The molecule has 136 valence electrons. The van der Waals surface area contributed by atoms with Gasteiger partial charge in [-0.2, -0.15) is 0 Å². The summed E-state index contributed by atoms with van der Waals surface area (Å²) in [4.78, 5) is 14.5. The Kier molecular flexibility index (Phi) is 4.64. The van der Waals surface area contributed by atoms with Crippen LogP contribution in [0.1, 0.15) is 35.2 Å². The molecule has 4 rings (SSSR count). The topological polar surface area (TPSA) is 38.8 Å². The highest BCUT2D eigenvalue weighted by Gasteiger charge is 2.36. The lowest BCUT2D eigenvalue weighted by Gasteiger charge is -2.36. The van der Waals surface area contributed by atoms with Gasteiger partial charge in [-0.05, 0) is 30.5 Å². The molecule has 0 bridgehead atoms. The summed E-state index contributed by atoms with van der Waals surface area (Å²) in [5, 5.41) is 0. The van der Waals surface area contributed by atoms with E-state index in [0.717, 1.165) is 23.6 Å². The number of alkyl halides is 1. The van der Waals surface area contributed by atoms with E-state index in [2.05, 4.69) is 4.90 Å². The first-order valence-electron chi connectivity index (χ1n) is 8.99. The number of Topliss-reactive ketones (excluding diaryl/α,β-unsaturated/α-hetero) is 1. The van der Waals surface area contributed by atoms with E-state index in [1.54, 1.807) is 12.1 Å². The molecular weight excluding hydrogens is 333 g/mol. The molecule has 0 saturated carbocycles.